The normalized spacial score (nSPS) is 15.4. The average Bonchev–Trinajstić information content (AvgIpc) is 3.18. The van der Waals surface area contributed by atoms with Crippen LogP contribution >= 0.6 is 23.4 Å². The Balaban J connectivity index is 1.67. The smallest absolute Gasteiger partial charge is 0.338 e. The van der Waals surface area contributed by atoms with Crippen molar-refractivity contribution in [3.05, 3.63) is 76.2 Å². The van der Waals surface area contributed by atoms with Crippen molar-refractivity contribution < 1.29 is 9.53 Å². The van der Waals surface area contributed by atoms with Gasteiger partial charge in [0.15, 0.2) is 0 Å². The number of aromatic nitrogens is 4. The quantitative estimate of drug-likeness (QED) is 0.402. The lowest BCUT2D eigenvalue weighted by Gasteiger charge is -2.27. The third-order valence-corrected chi connectivity index (χ3v) is 6.06. The maximum absolute atomic E-state index is 12.9. The molecule has 2 aromatic heterocycles. The highest BCUT2D eigenvalue weighted by Crippen LogP contribution is 2.37. The molecular formula is C22H22ClN5O2S. The van der Waals surface area contributed by atoms with E-state index in [1.54, 1.807) is 17.1 Å². The summed E-state index contributed by atoms with van der Waals surface area (Å²) in [5, 5.41) is 9.20. The number of fused-ring (bicyclic) bond motifs is 1. The summed E-state index contributed by atoms with van der Waals surface area (Å²) in [7, 11) is 0. The number of allylic oxidation sites excluding steroid dienone is 1. The number of carbonyl (C=O) groups is 1. The largest absolute Gasteiger partial charge is 0.462 e. The van der Waals surface area contributed by atoms with Crippen molar-refractivity contribution in [3.63, 3.8) is 0 Å². The van der Waals surface area contributed by atoms with Crippen molar-refractivity contribution in [1.29, 1.82) is 0 Å². The van der Waals surface area contributed by atoms with Crippen LogP contribution in [0.25, 0.3) is 0 Å². The number of benzene rings is 1. The summed E-state index contributed by atoms with van der Waals surface area (Å²) in [6.07, 6.45) is 4.18. The van der Waals surface area contributed by atoms with E-state index < -0.39 is 6.04 Å². The zero-order valence-corrected chi connectivity index (χ0v) is 18.8. The van der Waals surface area contributed by atoms with Crippen LogP contribution in [0.15, 0.2) is 65.2 Å². The molecule has 160 valence electrons. The van der Waals surface area contributed by atoms with Gasteiger partial charge in [-0.1, -0.05) is 54.6 Å². The molecule has 1 unspecified atom stereocenters. The molecule has 1 aliphatic rings. The zero-order chi connectivity index (χ0) is 21.8. The van der Waals surface area contributed by atoms with Gasteiger partial charge < -0.3 is 10.1 Å². The first-order chi connectivity index (χ1) is 15.1. The molecule has 4 rings (SSSR count). The van der Waals surface area contributed by atoms with Crippen LogP contribution in [0.1, 0.15) is 37.4 Å². The van der Waals surface area contributed by atoms with Crippen LogP contribution in [0, 0.1) is 0 Å². The predicted molar refractivity (Wildman–Crippen MR) is 121 cm³/mol. The Morgan fingerprint density at radius 2 is 2.13 bits per heavy atom. The van der Waals surface area contributed by atoms with Gasteiger partial charge in [-0.2, -0.15) is 4.98 Å². The van der Waals surface area contributed by atoms with Crippen LogP contribution in [0.4, 0.5) is 5.95 Å². The van der Waals surface area contributed by atoms with Gasteiger partial charge in [-0.05, 0) is 36.6 Å². The highest BCUT2D eigenvalue weighted by molar-refractivity contribution is 7.98. The van der Waals surface area contributed by atoms with Gasteiger partial charge in [0, 0.05) is 28.9 Å². The molecule has 0 amide bonds. The molecule has 3 aromatic rings. The standard InChI is InChI=1S/C22H22ClN5O2S/c1-3-11-30-20(29)18-14(2)25-21-26-22(31-13-16-7-4-5-9-17(16)23)27-28(21)19(18)15-8-6-10-24-12-15/h4-10,12,19H,3,11,13H2,1-2H3,(H,25,26,27). The molecule has 1 aliphatic heterocycles. The Morgan fingerprint density at radius 1 is 1.29 bits per heavy atom. The van der Waals surface area contributed by atoms with E-state index in [0.29, 0.717) is 39.8 Å². The molecular weight excluding hydrogens is 434 g/mol. The van der Waals surface area contributed by atoms with E-state index in [-0.39, 0.29) is 5.97 Å². The minimum Gasteiger partial charge on any atom is -0.462 e. The lowest BCUT2D eigenvalue weighted by atomic mass is 9.97. The van der Waals surface area contributed by atoms with Crippen LogP contribution in [0.3, 0.4) is 0 Å². The fraction of sp³-hybridized carbons (Fsp3) is 0.273. The van der Waals surface area contributed by atoms with Crippen molar-refractivity contribution in [2.24, 2.45) is 0 Å². The van der Waals surface area contributed by atoms with E-state index in [0.717, 1.165) is 17.5 Å². The minimum absolute atomic E-state index is 0.360. The summed E-state index contributed by atoms with van der Waals surface area (Å²) in [6.45, 7) is 4.17. The maximum Gasteiger partial charge on any atom is 0.338 e. The molecule has 1 aromatic carbocycles. The molecule has 0 aliphatic carbocycles. The van der Waals surface area contributed by atoms with Gasteiger partial charge in [-0.15, -0.1) is 5.10 Å². The number of pyridine rings is 1. The Bertz CT molecular complexity index is 1120. The molecule has 0 fully saturated rings. The van der Waals surface area contributed by atoms with Crippen molar-refractivity contribution in [3.8, 4) is 0 Å². The van der Waals surface area contributed by atoms with E-state index in [4.69, 9.17) is 21.4 Å². The number of nitrogens with one attached hydrogen (secondary N) is 1. The second kappa shape index (κ2) is 9.53. The molecule has 7 nitrogen and oxygen atoms in total. The van der Waals surface area contributed by atoms with E-state index in [9.17, 15) is 4.79 Å². The van der Waals surface area contributed by atoms with E-state index in [1.807, 2.05) is 50.2 Å². The number of thioether (sulfide) groups is 1. The van der Waals surface area contributed by atoms with Crippen molar-refractivity contribution in [1.82, 2.24) is 19.7 Å². The fourth-order valence-corrected chi connectivity index (χ4v) is 4.45. The predicted octanol–water partition coefficient (Wildman–Crippen LogP) is 4.86. The highest BCUT2D eigenvalue weighted by atomic mass is 35.5. The minimum atomic E-state index is -0.475. The van der Waals surface area contributed by atoms with Crippen LogP contribution in [0.2, 0.25) is 5.02 Å². The molecule has 1 atom stereocenters. The Morgan fingerprint density at radius 3 is 2.87 bits per heavy atom. The lowest BCUT2D eigenvalue weighted by Crippen LogP contribution is -2.29. The third kappa shape index (κ3) is 4.60. The van der Waals surface area contributed by atoms with E-state index >= 15 is 0 Å². The zero-order valence-electron chi connectivity index (χ0n) is 17.2. The summed E-state index contributed by atoms with van der Waals surface area (Å²) in [5.41, 5.74) is 3.04. The van der Waals surface area contributed by atoms with Gasteiger partial charge in [0.05, 0.1) is 12.2 Å². The first-order valence-corrected chi connectivity index (χ1v) is 11.3. The summed E-state index contributed by atoms with van der Waals surface area (Å²) in [6, 6.07) is 11.0. The average molecular weight is 456 g/mol. The van der Waals surface area contributed by atoms with Crippen LogP contribution in [-0.2, 0) is 15.3 Å². The molecule has 0 radical (unpaired) electrons. The Kier molecular flexibility index (Phi) is 6.58. The van der Waals surface area contributed by atoms with Crippen LogP contribution < -0.4 is 5.32 Å². The number of ether oxygens (including phenoxy) is 1. The molecule has 1 N–H and O–H groups in total. The summed E-state index contributed by atoms with van der Waals surface area (Å²) >= 11 is 7.76. The first kappa shape index (κ1) is 21.4. The monoisotopic (exact) mass is 455 g/mol. The van der Waals surface area contributed by atoms with E-state index in [1.165, 1.54) is 11.8 Å². The van der Waals surface area contributed by atoms with Gasteiger partial charge in [0.25, 0.3) is 0 Å². The second-order valence-electron chi connectivity index (χ2n) is 7.03. The number of anilines is 1. The number of carbonyl (C=O) groups excluding carboxylic acids is 1. The fourth-order valence-electron chi connectivity index (χ4n) is 3.33. The number of rotatable bonds is 7. The van der Waals surface area contributed by atoms with Gasteiger partial charge in [-0.3, -0.25) is 4.98 Å². The number of halogens is 1. The van der Waals surface area contributed by atoms with Gasteiger partial charge in [0.1, 0.15) is 6.04 Å². The molecule has 9 heteroatoms. The molecule has 0 saturated carbocycles. The van der Waals surface area contributed by atoms with Crippen LogP contribution in [-0.4, -0.2) is 32.3 Å². The van der Waals surface area contributed by atoms with Crippen molar-refractivity contribution in [2.75, 3.05) is 11.9 Å². The Labute approximate surface area is 189 Å². The summed E-state index contributed by atoms with van der Waals surface area (Å²) in [4.78, 5) is 21.8. The number of hydrogen-bond acceptors (Lipinski definition) is 7. The Hall–Kier alpha value is -2.84. The molecule has 0 bridgehead atoms. The van der Waals surface area contributed by atoms with Gasteiger partial charge in [-0.25, -0.2) is 9.48 Å². The lowest BCUT2D eigenvalue weighted by molar-refractivity contribution is -0.139. The number of nitrogens with zero attached hydrogens (tertiary/aromatic N) is 4. The summed E-state index contributed by atoms with van der Waals surface area (Å²) in [5.74, 6) is 0.838. The topological polar surface area (TPSA) is 81.9 Å². The number of hydrogen-bond donors (Lipinski definition) is 1. The molecule has 0 spiro atoms. The van der Waals surface area contributed by atoms with Crippen molar-refractivity contribution >= 4 is 35.3 Å². The maximum atomic E-state index is 12.9. The third-order valence-electron chi connectivity index (χ3n) is 4.81. The SMILES string of the molecule is CCCOC(=O)C1=C(C)Nc2nc(SCc3ccccc3Cl)nn2C1c1cccnc1. The molecule has 3 heterocycles. The second-order valence-corrected chi connectivity index (χ2v) is 8.38. The van der Waals surface area contributed by atoms with Gasteiger partial charge in [0.2, 0.25) is 11.1 Å². The van der Waals surface area contributed by atoms with Crippen LogP contribution in [0.5, 0.6) is 0 Å². The molecule has 31 heavy (non-hydrogen) atoms. The molecule has 0 saturated heterocycles. The summed E-state index contributed by atoms with van der Waals surface area (Å²) < 4.78 is 7.18. The number of esters is 1. The van der Waals surface area contributed by atoms with Gasteiger partial charge >= 0.3 is 5.97 Å². The highest BCUT2D eigenvalue weighted by Gasteiger charge is 2.35. The van der Waals surface area contributed by atoms with E-state index in [2.05, 4.69) is 15.3 Å². The van der Waals surface area contributed by atoms with Crippen molar-refractivity contribution in [2.45, 2.75) is 37.2 Å². The first-order valence-electron chi connectivity index (χ1n) is 9.96.